The summed E-state index contributed by atoms with van der Waals surface area (Å²) in [5.74, 6) is 0.0347. The van der Waals surface area contributed by atoms with Gasteiger partial charge in [0.15, 0.2) is 0 Å². The van der Waals surface area contributed by atoms with Crippen LogP contribution in [0.2, 0.25) is 5.02 Å². The molecule has 1 atom stereocenters. The molecule has 0 saturated carbocycles. The number of hydrogen-bond donors (Lipinski definition) is 1. The van der Waals surface area contributed by atoms with Gasteiger partial charge in [-0.2, -0.15) is 0 Å². The Bertz CT molecular complexity index is 634. The molecule has 1 amide bonds. The molecule has 0 aliphatic rings. The molecule has 0 spiro atoms. The Morgan fingerprint density at radius 3 is 2.27 bits per heavy atom. The number of rotatable bonds is 5. The van der Waals surface area contributed by atoms with E-state index in [1.807, 2.05) is 57.2 Å². The van der Waals surface area contributed by atoms with Gasteiger partial charge in [0, 0.05) is 15.6 Å². The number of benzene rings is 2. The molecule has 2 aromatic carbocycles. The van der Waals surface area contributed by atoms with Gasteiger partial charge in [0.25, 0.3) is 0 Å². The van der Waals surface area contributed by atoms with Crippen LogP contribution in [-0.2, 0) is 4.79 Å². The lowest BCUT2D eigenvalue weighted by Gasteiger charge is -2.15. The van der Waals surface area contributed by atoms with Crippen LogP contribution in [0.25, 0.3) is 0 Å². The molecule has 22 heavy (non-hydrogen) atoms. The summed E-state index contributed by atoms with van der Waals surface area (Å²) < 4.78 is 0. The van der Waals surface area contributed by atoms with Crippen molar-refractivity contribution in [2.24, 2.45) is 0 Å². The van der Waals surface area contributed by atoms with Crippen molar-refractivity contribution in [3.63, 3.8) is 0 Å². The van der Waals surface area contributed by atoms with Gasteiger partial charge >= 0.3 is 0 Å². The Kier molecular flexibility index (Phi) is 5.92. The maximum atomic E-state index is 12.5. The Hall–Kier alpha value is -1.45. The molecule has 0 aliphatic heterocycles. The molecule has 0 saturated heterocycles. The van der Waals surface area contributed by atoms with Gasteiger partial charge in [-0.1, -0.05) is 24.6 Å². The van der Waals surface area contributed by atoms with Crippen LogP contribution in [0, 0.1) is 13.8 Å². The number of halogens is 1. The molecule has 2 aromatic rings. The average Bonchev–Trinajstić information content (AvgIpc) is 2.45. The fourth-order valence-corrected chi connectivity index (χ4v) is 3.35. The average molecular weight is 334 g/mol. The zero-order valence-electron chi connectivity index (χ0n) is 13.0. The number of hydrogen-bond acceptors (Lipinski definition) is 2. The van der Waals surface area contributed by atoms with Crippen LogP contribution in [0.5, 0.6) is 0 Å². The Labute approximate surface area is 141 Å². The first-order valence-corrected chi connectivity index (χ1v) is 8.55. The van der Waals surface area contributed by atoms with Crippen molar-refractivity contribution in [1.29, 1.82) is 0 Å². The highest BCUT2D eigenvalue weighted by molar-refractivity contribution is 8.00. The third-order valence-corrected chi connectivity index (χ3v) is 4.87. The second kappa shape index (κ2) is 7.70. The first-order chi connectivity index (χ1) is 10.5. The zero-order chi connectivity index (χ0) is 16.1. The van der Waals surface area contributed by atoms with Crippen molar-refractivity contribution < 1.29 is 4.79 Å². The van der Waals surface area contributed by atoms with E-state index < -0.39 is 0 Å². The summed E-state index contributed by atoms with van der Waals surface area (Å²) in [6, 6.07) is 13.7. The minimum Gasteiger partial charge on any atom is -0.325 e. The maximum Gasteiger partial charge on any atom is 0.237 e. The molecule has 0 aromatic heterocycles. The number of thioether (sulfide) groups is 1. The maximum absolute atomic E-state index is 12.5. The van der Waals surface area contributed by atoms with Gasteiger partial charge in [-0.25, -0.2) is 0 Å². The molecule has 1 N–H and O–H groups in total. The highest BCUT2D eigenvalue weighted by atomic mass is 35.5. The van der Waals surface area contributed by atoms with Crippen LogP contribution in [0.1, 0.15) is 24.5 Å². The Morgan fingerprint density at radius 2 is 1.73 bits per heavy atom. The first kappa shape index (κ1) is 16.9. The van der Waals surface area contributed by atoms with E-state index in [1.54, 1.807) is 11.8 Å². The number of carbonyl (C=O) groups is 1. The number of nitrogens with one attached hydrogen (secondary N) is 1. The van der Waals surface area contributed by atoms with E-state index >= 15 is 0 Å². The van der Waals surface area contributed by atoms with Crippen molar-refractivity contribution in [3.05, 3.63) is 58.6 Å². The van der Waals surface area contributed by atoms with Gasteiger partial charge in [0.05, 0.1) is 5.25 Å². The van der Waals surface area contributed by atoms with E-state index in [1.165, 1.54) is 0 Å². The first-order valence-electron chi connectivity index (χ1n) is 7.29. The van der Waals surface area contributed by atoms with Crippen LogP contribution in [0.4, 0.5) is 5.69 Å². The summed E-state index contributed by atoms with van der Waals surface area (Å²) in [7, 11) is 0. The van der Waals surface area contributed by atoms with Crippen LogP contribution in [0.15, 0.2) is 47.4 Å². The minimum atomic E-state index is -0.123. The van der Waals surface area contributed by atoms with E-state index in [9.17, 15) is 4.79 Å². The monoisotopic (exact) mass is 333 g/mol. The summed E-state index contributed by atoms with van der Waals surface area (Å²) in [5.41, 5.74) is 3.15. The highest BCUT2D eigenvalue weighted by Gasteiger charge is 2.18. The lowest BCUT2D eigenvalue weighted by molar-refractivity contribution is -0.115. The van der Waals surface area contributed by atoms with Gasteiger partial charge in [0.2, 0.25) is 5.91 Å². The fourth-order valence-electron chi connectivity index (χ4n) is 2.27. The van der Waals surface area contributed by atoms with E-state index in [4.69, 9.17) is 11.6 Å². The lowest BCUT2D eigenvalue weighted by atomic mass is 10.1. The van der Waals surface area contributed by atoms with Gasteiger partial charge in [-0.15, -0.1) is 11.8 Å². The quantitative estimate of drug-likeness (QED) is 0.735. The van der Waals surface area contributed by atoms with Gasteiger partial charge in [-0.3, -0.25) is 4.79 Å². The standard InChI is InChI=1S/C18H20ClNOS/c1-4-17(22-16-7-5-14(19)6-8-16)18(21)20-15-10-12(2)9-13(3)11-15/h5-11,17H,4H2,1-3H3,(H,20,21)/t17-/m1/s1. The fraction of sp³-hybridized carbons (Fsp3) is 0.278. The summed E-state index contributed by atoms with van der Waals surface area (Å²) in [4.78, 5) is 13.5. The van der Waals surface area contributed by atoms with E-state index in [2.05, 4.69) is 11.4 Å². The molecule has 4 heteroatoms. The van der Waals surface area contributed by atoms with Crippen molar-refractivity contribution in [2.75, 3.05) is 5.32 Å². The molecule has 0 radical (unpaired) electrons. The molecule has 116 valence electrons. The Morgan fingerprint density at radius 1 is 1.14 bits per heavy atom. The molecular weight excluding hydrogens is 314 g/mol. The SMILES string of the molecule is CC[C@@H](Sc1ccc(Cl)cc1)C(=O)Nc1cc(C)cc(C)c1. The van der Waals surface area contributed by atoms with Crippen LogP contribution in [0.3, 0.4) is 0 Å². The van der Waals surface area contributed by atoms with Crippen molar-refractivity contribution >= 4 is 35.0 Å². The molecule has 0 aliphatic carbocycles. The predicted octanol–water partition coefficient (Wildman–Crippen LogP) is 5.47. The summed E-state index contributed by atoms with van der Waals surface area (Å²) >= 11 is 7.46. The van der Waals surface area contributed by atoms with E-state index in [-0.39, 0.29) is 11.2 Å². The smallest absolute Gasteiger partial charge is 0.237 e. The minimum absolute atomic E-state index is 0.0347. The van der Waals surface area contributed by atoms with Crippen LogP contribution < -0.4 is 5.32 Å². The summed E-state index contributed by atoms with van der Waals surface area (Å²) in [6.45, 7) is 6.08. The number of amides is 1. The van der Waals surface area contributed by atoms with Gasteiger partial charge in [-0.05, 0) is 67.8 Å². The number of carbonyl (C=O) groups excluding carboxylic acids is 1. The molecular formula is C18H20ClNOS. The van der Waals surface area contributed by atoms with Crippen molar-refractivity contribution in [1.82, 2.24) is 0 Å². The molecule has 0 heterocycles. The highest BCUT2D eigenvalue weighted by Crippen LogP contribution is 2.27. The Balaban J connectivity index is 2.06. The van der Waals surface area contributed by atoms with Crippen LogP contribution in [-0.4, -0.2) is 11.2 Å². The third-order valence-electron chi connectivity index (χ3n) is 3.24. The normalized spacial score (nSPS) is 12.0. The second-order valence-corrected chi connectivity index (χ2v) is 7.05. The molecule has 2 rings (SSSR count). The summed E-state index contributed by atoms with van der Waals surface area (Å²) in [6.07, 6.45) is 0.768. The van der Waals surface area contributed by atoms with Crippen molar-refractivity contribution in [3.8, 4) is 0 Å². The summed E-state index contributed by atoms with van der Waals surface area (Å²) in [5, 5.41) is 3.60. The molecule has 0 unspecified atom stereocenters. The van der Waals surface area contributed by atoms with E-state index in [0.29, 0.717) is 5.02 Å². The van der Waals surface area contributed by atoms with E-state index in [0.717, 1.165) is 28.1 Å². The van der Waals surface area contributed by atoms with Crippen LogP contribution >= 0.6 is 23.4 Å². The predicted molar refractivity (Wildman–Crippen MR) is 95.9 cm³/mol. The second-order valence-electron chi connectivity index (χ2n) is 5.33. The lowest BCUT2D eigenvalue weighted by Crippen LogP contribution is -2.24. The molecule has 2 nitrogen and oxygen atoms in total. The molecule has 0 fully saturated rings. The van der Waals surface area contributed by atoms with Gasteiger partial charge in [0.1, 0.15) is 0 Å². The molecule has 0 bridgehead atoms. The third kappa shape index (κ3) is 4.79. The largest absolute Gasteiger partial charge is 0.325 e. The number of aryl methyl sites for hydroxylation is 2. The topological polar surface area (TPSA) is 29.1 Å². The van der Waals surface area contributed by atoms with Crippen molar-refractivity contribution in [2.45, 2.75) is 37.3 Å². The number of anilines is 1. The zero-order valence-corrected chi connectivity index (χ0v) is 14.6. The van der Waals surface area contributed by atoms with Gasteiger partial charge < -0.3 is 5.32 Å².